The first-order chi connectivity index (χ1) is 11.1. The van der Waals surface area contributed by atoms with Crippen LogP contribution in [0.1, 0.15) is 17.4 Å². The van der Waals surface area contributed by atoms with Gasteiger partial charge >= 0.3 is 0 Å². The summed E-state index contributed by atoms with van der Waals surface area (Å²) < 4.78 is 60.8. The van der Waals surface area contributed by atoms with Gasteiger partial charge in [-0.05, 0) is 6.07 Å². The number of nitrogens with zero attached hydrogens (tertiary/aromatic N) is 1. The molecule has 10 heteroatoms. The molecule has 2 rings (SSSR count). The summed E-state index contributed by atoms with van der Waals surface area (Å²) in [5.41, 5.74) is 0.746. The van der Waals surface area contributed by atoms with Crippen LogP contribution in [0.3, 0.4) is 0 Å². The molecule has 130 valence electrons. The third-order valence-electron chi connectivity index (χ3n) is 2.78. The van der Waals surface area contributed by atoms with Crippen molar-refractivity contribution in [2.75, 3.05) is 33.5 Å². The van der Waals surface area contributed by atoms with Crippen molar-refractivity contribution in [1.82, 2.24) is 5.48 Å². The Kier molecular flexibility index (Phi) is 7.89. The molecule has 1 saturated heterocycles. The van der Waals surface area contributed by atoms with E-state index in [9.17, 15) is 17.6 Å². The van der Waals surface area contributed by atoms with Gasteiger partial charge in [-0.25, -0.2) is 13.2 Å². The van der Waals surface area contributed by atoms with Crippen molar-refractivity contribution in [1.29, 1.82) is 0 Å². The van der Waals surface area contributed by atoms with Crippen LogP contribution in [-0.2, 0) is 9.47 Å². The van der Waals surface area contributed by atoms with E-state index in [1.54, 1.807) is 5.48 Å². The Morgan fingerprint density at radius 3 is 2.35 bits per heavy atom. The predicted molar refractivity (Wildman–Crippen MR) is 71.4 cm³/mol. The summed E-state index contributed by atoms with van der Waals surface area (Å²) in [5.74, 6) is -5.12. The molecule has 1 aliphatic rings. The first-order valence-electron chi connectivity index (χ1n) is 6.44. The van der Waals surface area contributed by atoms with Crippen molar-refractivity contribution < 1.29 is 37.3 Å². The molecule has 3 N–H and O–H groups in total. The molecule has 6 nitrogen and oxygen atoms in total. The fourth-order valence-electron chi connectivity index (χ4n) is 1.85. The maximum atomic E-state index is 13.8. The zero-order valence-corrected chi connectivity index (χ0v) is 12.2. The van der Waals surface area contributed by atoms with E-state index >= 15 is 0 Å². The van der Waals surface area contributed by atoms with Crippen LogP contribution in [0.15, 0.2) is 11.1 Å². The normalized spacial score (nSPS) is 15.3. The van der Waals surface area contributed by atoms with Gasteiger partial charge in [0.2, 0.25) is 0 Å². The molecule has 0 aliphatic carbocycles. The maximum absolute atomic E-state index is 13.8. The van der Waals surface area contributed by atoms with Gasteiger partial charge < -0.3 is 14.6 Å². The number of amidine groups is 1. The third kappa shape index (κ3) is 4.38. The van der Waals surface area contributed by atoms with E-state index in [1.807, 2.05) is 0 Å². The topological polar surface area (TPSA) is 83.3 Å². The Balaban J connectivity index is 0.00000127. The van der Waals surface area contributed by atoms with Gasteiger partial charge in [0.25, 0.3) is 0 Å². The molecule has 0 aromatic heterocycles. The second kappa shape index (κ2) is 9.40. The average Bonchev–Trinajstić information content (AvgIpc) is 3.11. The second-order valence-electron chi connectivity index (χ2n) is 4.09. The molecule has 0 radical (unpaired) electrons. The highest BCUT2D eigenvalue weighted by Crippen LogP contribution is 2.29. The SMILES string of the molecule is CF.OCCN=C(NO)c1cc(C2OCCO2)c(F)c(F)c1F. The summed E-state index contributed by atoms with van der Waals surface area (Å²) in [6.07, 6.45) is -1.16. The molecule has 1 aliphatic heterocycles. The summed E-state index contributed by atoms with van der Waals surface area (Å²) >= 11 is 0. The Hall–Kier alpha value is -1.75. The molecule has 0 bridgehead atoms. The number of hydrogen-bond acceptors (Lipinski definition) is 5. The zero-order chi connectivity index (χ0) is 17.4. The second-order valence-corrected chi connectivity index (χ2v) is 4.09. The number of halogens is 4. The van der Waals surface area contributed by atoms with Crippen LogP contribution in [-0.4, -0.2) is 49.7 Å². The minimum atomic E-state index is -1.73. The molecule has 0 spiro atoms. The van der Waals surface area contributed by atoms with E-state index in [4.69, 9.17) is 19.8 Å². The first-order valence-corrected chi connectivity index (χ1v) is 6.44. The van der Waals surface area contributed by atoms with Crippen molar-refractivity contribution in [3.63, 3.8) is 0 Å². The Labute approximate surface area is 129 Å². The van der Waals surface area contributed by atoms with Crippen molar-refractivity contribution in [2.24, 2.45) is 4.99 Å². The predicted octanol–water partition coefficient (Wildman–Crippen LogP) is 1.45. The third-order valence-corrected chi connectivity index (χ3v) is 2.78. The number of ether oxygens (including phenoxy) is 2. The van der Waals surface area contributed by atoms with E-state index in [2.05, 4.69) is 4.99 Å². The fraction of sp³-hybridized carbons (Fsp3) is 0.462. The van der Waals surface area contributed by atoms with Crippen LogP contribution >= 0.6 is 0 Å². The molecule has 0 atom stereocenters. The first kappa shape index (κ1) is 19.3. The largest absolute Gasteiger partial charge is 0.394 e. The van der Waals surface area contributed by atoms with Crippen LogP contribution in [0.4, 0.5) is 17.6 Å². The van der Waals surface area contributed by atoms with Gasteiger partial charge in [-0.2, -0.15) is 0 Å². The molecule has 1 heterocycles. The molecular weight excluding hydrogens is 324 g/mol. The highest BCUT2D eigenvalue weighted by atomic mass is 19.2. The summed E-state index contributed by atoms with van der Waals surface area (Å²) in [5, 5.41) is 17.6. The van der Waals surface area contributed by atoms with Gasteiger partial charge in [0, 0.05) is 5.56 Å². The molecule has 1 fully saturated rings. The number of aliphatic hydroxyl groups is 1. The fourth-order valence-corrected chi connectivity index (χ4v) is 1.85. The summed E-state index contributed by atoms with van der Waals surface area (Å²) in [6.45, 7) is -0.129. The van der Waals surface area contributed by atoms with Crippen LogP contribution in [0.2, 0.25) is 0 Å². The minimum Gasteiger partial charge on any atom is -0.394 e. The van der Waals surface area contributed by atoms with Crippen LogP contribution in [0.25, 0.3) is 0 Å². The lowest BCUT2D eigenvalue weighted by molar-refractivity contribution is -0.0469. The number of hydroxylamine groups is 1. The van der Waals surface area contributed by atoms with Crippen molar-refractivity contribution in [3.05, 3.63) is 34.6 Å². The molecular formula is C13H16F4N2O4. The molecule has 1 aromatic carbocycles. The van der Waals surface area contributed by atoms with Crippen LogP contribution in [0, 0.1) is 17.5 Å². The van der Waals surface area contributed by atoms with E-state index < -0.39 is 35.1 Å². The number of hydrogen-bond donors (Lipinski definition) is 3. The molecule has 1 aromatic rings. The highest BCUT2D eigenvalue weighted by Gasteiger charge is 2.28. The van der Waals surface area contributed by atoms with E-state index in [1.165, 1.54) is 0 Å². The van der Waals surface area contributed by atoms with E-state index in [0.29, 0.717) is 7.18 Å². The number of alkyl halides is 1. The van der Waals surface area contributed by atoms with Crippen LogP contribution < -0.4 is 5.48 Å². The summed E-state index contributed by atoms with van der Waals surface area (Å²) in [4.78, 5) is 3.63. The number of aliphatic imine (C=N–C) groups is 1. The Bertz CT molecular complexity index is 551. The van der Waals surface area contributed by atoms with E-state index in [-0.39, 0.29) is 31.9 Å². The van der Waals surface area contributed by atoms with Gasteiger partial charge in [0.1, 0.15) is 0 Å². The quantitative estimate of drug-likeness (QED) is 0.254. The van der Waals surface area contributed by atoms with Crippen molar-refractivity contribution >= 4 is 5.84 Å². The number of benzene rings is 1. The van der Waals surface area contributed by atoms with Crippen molar-refractivity contribution in [3.8, 4) is 0 Å². The lowest BCUT2D eigenvalue weighted by atomic mass is 10.1. The molecule has 0 amide bonds. The standard InChI is InChI=1S/C12H13F3N2O4.CH3F/c13-8-6(11(17-19)16-1-2-18)5-7(9(14)10(8)15)12-20-3-4-21-12;1-2/h5,12,18-19H,1-4H2,(H,16,17);1H3. The lowest BCUT2D eigenvalue weighted by Gasteiger charge is -2.14. The summed E-state index contributed by atoms with van der Waals surface area (Å²) in [7, 11) is 0.500. The van der Waals surface area contributed by atoms with Gasteiger partial charge in [-0.1, -0.05) is 0 Å². The lowest BCUT2D eigenvalue weighted by Crippen LogP contribution is -2.24. The van der Waals surface area contributed by atoms with Gasteiger partial charge in [0.05, 0.1) is 39.1 Å². The molecule has 23 heavy (non-hydrogen) atoms. The average molecular weight is 340 g/mol. The smallest absolute Gasteiger partial charge is 0.195 e. The minimum absolute atomic E-state index is 0.160. The van der Waals surface area contributed by atoms with Gasteiger partial charge in [-0.3, -0.25) is 20.1 Å². The number of nitrogens with one attached hydrogen (secondary N) is 1. The maximum Gasteiger partial charge on any atom is 0.195 e. The zero-order valence-electron chi connectivity index (χ0n) is 12.2. The highest BCUT2D eigenvalue weighted by molar-refractivity contribution is 5.98. The molecule has 0 unspecified atom stereocenters. The summed E-state index contributed by atoms with van der Waals surface area (Å²) in [6, 6.07) is 0.934. The van der Waals surface area contributed by atoms with E-state index in [0.717, 1.165) is 6.07 Å². The molecule has 0 saturated carbocycles. The van der Waals surface area contributed by atoms with Gasteiger partial charge in [0.15, 0.2) is 29.6 Å². The van der Waals surface area contributed by atoms with Crippen LogP contribution in [0.5, 0.6) is 0 Å². The Morgan fingerprint density at radius 2 is 1.83 bits per heavy atom. The van der Waals surface area contributed by atoms with Gasteiger partial charge in [-0.15, -0.1) is 0 Å². The number of rotatable bonds is 4. The monoisotopic (exact) mass is 340 g/mol. The number of aliphatic hydroxyl groups excluding tert-OH is 1. The van der Waals surface area contributed by atoms with Crippen molar-refractivity contribution in [2.45, 2.75) is 6.29 Å². The Morgan fingerprint density at radius 1 is 1.22 bits per heavy atom.